The summed E-state index contributed by atoms with van der Waals surface area (Å²) in [6.07, 6.45) is 5.52. The average molecular weight is 508 g/mol. The number of halogens is 2. The molecule has 0 atom stereocenters. The van der Waals surface area contributed by atoms with Crippen molar-refractivity contribution in [2.24, 2.45) is 4.99 Å². The molecule has 1 aliphatic carbocycles. The van der Waals surface area contributed by atoms with Gasteiger partial charge < -0.3 is 16.0 Å². The first-order valence-electron chi connectivity index (χ1n) is 9.20. The number of thioether (sulfide) groups is 1. The molecule has 1 fully saturated rings. The minimum atomic E-state index is -0.212. The fraction of sp³-hybridized carbons (Fsp3) is 0.579. The zero-order valence-electron chi connectivity index (χ0n) is 16.0. The molecule has 0 aromatic heterocycles. The van der Waals surface area contributed by atoms with Crippen LogP contribution in [0.1, 0.15) is 43.7 Å². The number of benzene rings is 1. The quantitative estimate of drug-likeness (QED) is 0.196. The van der Waals surface area contributed by atoms with Gasteiger partial charge in [0.25, 0.3) is 0 Å². The molecule has 1 aromatic carbocycles. The third-order valence-electron chi connectivity index (χ3n) is 4.04. The highest BCUT2D eigenvalue weighted by molar-refractivity contribution is 14.0. The SMILES string of the molecule is CCNC(=NCc1ccc(F)cc1CSC)NCCCC(=O)NC1CC1.I. The van der Waals surface area contributed by atoms with Crippen LogP contribution in [0.3, 0.4) is 0 Å². The maximum Gasteiger partial charge on any atom is 0.220 e. The maximum atomic E-state index is 13.4. The lowest BCUT2D eigenvalue weighted by Crippen LogP contribution is -2.38. The smallest absolute Gasteiger partial charge is 0.220 e. The third-order valence-corrected chi connectivity index (χ3v) is 4.64. The monoisotopic (exact) mass is 508 g/mol. The fourth-order valence-corrected chi connectivity index (χ4v) is 3.11. The van der Waals surface area contributed by atoms with E-state index in [9.17, 15) is 9.18 Å². The number of nitrogens with one attached hydrogen (secondary N) is 3. The molecule has 0 heterocycles. The fourth-order valence-electron chi connectivity index (χ4n) is 2.53. The summed E-state index contributed by atoms with van der Waals surface area (Å²) in [5.41, 5.74) is 2.01. The Balaban J connectivity index is 0.00000364. The molecule has 27 heavy (non-hydrogen) atoms. The second-order valence-electron chi connectivity index (χ2n) is 6.41. The number of guanidine groups is 1. The molecule has 0 aliphatic heterocycles. The van der Waals surface area contributed by atoms with Crippen molar-refractivity contribution in [2.45, 2.75) is 50.9 Å². The lowest BCUT2D eigenvalue weighted by Gasteiger charge is -2.12. The summed E-state index contributed by atoms with van der Waals surface area (Å²) in [6.45, 7) is 3.95. The highest BCUT2D eigenvalue weighted by Gasteiger charge is 2.22. The Kier molecular flexibility index (Phi) is 11.7. The summed E-state index contributed by atoms with van der Waals surface area (Å²) in [4.78, 5) is 16.3. The van der Waals surface area contributed by atoms with E-state index in [0.717, 1.165) is 48.6 Å². The number of amides is 1. The van der Waals surface area contributed by atoms with E-state index in [-0.39, 0.29) is 35.7 Å². The van der Waals surface area contributed by atoms with Gasteiger partial charge in [0.2, 0.25) is 5.91 Å². The number of carbonyl (C=O) groups is 1. The van der Waals surface area contributed by atoms with Gasteiger partial charge in [0.05, 0.1) is 6.54 Å². The topological polar surface area (TPSA) is 65.5 Å². The molecule has 0 bridgehead atoms. The molecule has 1 saturated carbocycles. The maximum absolute atomic E-state index is 13.4. The number of hydrogen-bond acceptors (Lipinski definition) is 3. The van der Waals surface area contributed by atoms with E-state index in [1.807, 2.05) is 13.2 Å². The normalized spacial score (nSPS) is 13.7. The predicted octanol–water partition coefficient (Wildman–Crippen LogP) is 3.42. The second kappa shape index (κ2) is 13.2. The van der Waals surface area contributed by atoms with Crippen LogP contribution in [0.2, 0.25) is 0 Å². The van der Waals surface area contributed by atoms with E-state index < -0.39 is 0 Å². The van der Waals surface area contributed by atoms with Crippen molar-refractivity contribution >= 4 is 47.6 Å². The molecular formula is C19H30FIN4OS. The highest BCUT2D eigenvalue weighted by Crippen LogP contribution is 2.19. The third kappa shape index (κ3) is 9.64. The van der Waals surface area contributed by atoms with E-state index in [2.05, 4.69) is 20.9 Å². The van der Waals surface area contributed by atoms with Crippen LogP contribution in [0.15, 0.2) is 23.2 Å². The molecule has 0 saturated heterocycles. The van der Waals surface area contributed by atoms with Crippen LogP contribution in [0.25, 0.3) is 0 Å². The van der Waals surface area contributed by atoms with Crippen molar-refractivity contribution in [3.05, 3.63) is 35.1 Å². The predicted molar refractivity (Wildman–Crippen MR) is 122 cm³/mol. The molecule has 0 unspecified atom stereocenters. The standard InChI is InChI=1S/C19H29FN4OS.HI/c1-3-21-19(22-10-4-5-18(25)24-17-8-9-17)23-12-14-6-7-16(20)11-15(14)13-26-2;/h6-7,11,17H,3-5,8-10,12-13H2,1-2H3,(H,24,25)(H2,21,22,23);1H. The summed E-state index contributed by atoms with van der Waals surface area (Å²) < 4.78 is 13.4. The molecule has 5 nitrogen and oxygen atoms in total. The van der Waals surface area contributed by atoms with E-state index in [0.29, 0.717) is 25.6 Å². The Bertz CT molecular complexity index is 626. The largest absolute Gasteiger partial charge is 0.357 e. The Morgan fingerprint density at radius 1 is 1.30 bits per heavy atom. The molecular weight excluding hydrogens is 478 g/mol. The van der Waals surface area contributed by atoms with Gasteiger partial charge in [-0.25, -0.2) is 9.38 Å². The van der Waals surface area contributed by atoms with Crippen LogP contribution in [0, 0.1) is 5.82 Å². The van der Waals surface area contributed by atoms with Crippen LogP contribution in [-0.4, -0.2) is 37.3 Å². The van der Waals surface area contributed by atoms with Crippen LogP contribution >= 0.6 is 35.7 Å². The van der Waals surface area contributed by atoms with Crippen LogP contribution in [0.5, 0.6) is 0 Å². The minimum absolute atomic E-state index is 0. The van der Waals surface area contributed by atoms with E-state index in [1.54, 1.807) is 23.9 Å². The molecule has 2 rings (SSSR count). The van der Waals surface area contributed by atoms with Gasteiger partial charge in [-0.3, -0.25) is 4.79 Å². The van der Waals surface area contributed by atoms with Crippen LogP contribution < -0.4 is 16.0 Å². The van der Waals surface area contributed by atoms with Gasteiger partial charge in [-0.2, -0.15) is 11.8 Å². The highest BCUT2D eigenvalue weighted by atomic mass is 127. The van der Waals surface area contributed by atoms with Crippen LogP contribution in [0.4, 0.5) is 4.39 Å². The Labute approximate surface area is 182 Å². The van der Waals surface area contributed by atoms with Crippen molar-refractivity contribution in [1.29, 1.82) is 0 Å². The van der Waals surface area contributed by atoms with Gasteiger partial charge in [0.1, 0.15) is 5.82 Å². The van der Waals surface area contributed by atoms with E-state index in [1.165, 1.54) is 6.07 Å². The van der Waals surface area contributed by atoms with Crippen molar-refractivity contribution < 1.29 is 9.18 Å². The van der Waals surface area contributed by atoms with Gasteiger partial charge in [0, 0.05) is 31.3 Å². The lowest BCUT2D eigenvalue weighted by molar-refractivity contribution is -0.121. The average Bonchev–Trinajstić information content (AvgIpc) is 3.42. The molecule has 0 spiro atoms. The number of rotatable bonds is 10. The molecule has 1 amide bonds. The van der Waals surface area contributed by atoms with Gasteiger partial charge in [0.15, 0.2) is 5.96 Å². The first-order valence-corrected chi connectivity index (χ1v) is 10.6. The zero-order chi connectivity index (χ0) is 18.8. The lowest BCUT2D eigenvalue weighted by atomic mass is 10.1. The van der Waals surface area contributed by atoms with Gasteiger partial charge in [-0.15, -0.1) is 24.0 Å². The number of aliphatic imine (C=N–C) groups is 1. The minimum Gasteiger partial charge on any atom is -0.357 e. The summed E-state index contributed by atoms with van der Waals surface area (Å²) in [7, 11) is 0. The Morgan fingerprint density at radius 2 is 2.07 bits per heavy atom. The molecule has 1 aliphatic rings. The number of carbonyl (C=O) groups excluding carboxylic acids is 1. The summed E-state index contributed by atoms with van der Waals surface area (Å²) in [5.74, 6) is 1.40. The number of nitrogens with zero attached hydrogens (tertiary/aromatic N) is 1. The summed E-state index contributed by atoms with van der Waals surface area (Å²) >= 11 is 1.67. The molecule has 1 aromatic rings. The molecule has 3 N–H and O–H groups in total. The molecule has 8 heteroatoms. The summed E-state index contributed by atoms with van der Waals surface area (Å²) in [6, 6.07) is 5.28. The second-order valence-corrected chi connectivity index (χ2v) is 7.28. The number of hydrogen-bond donors (Lipinski definition) is 3. The van der Waals surface area contributed by atoms with E-state index in [4.69, 9.17) is 0 Å². The van der Waals surface area contributed by atoms with Crippen molar-refractivity contribution in [2.75, 3.05) is 19.3 Å². The first kappa shape index (κ1) is 24.0. The Morgan fingerprint density at radius 3 is 2.74 bits per heavy atom. The summed E-state index contributed by atoms with van der Waals surface area (Å²) in [5, 5.41) is 9.45. The molecule has 0 radical (unpaired) electrons. The van der Waals surface area contributed by atoms with Gasteiger partial charge in [-0.1, -0.05) is 6.07 Å². The zero-order valence-corrected chi connectivity index (χ0v) is 19.2. The van der Waals surface area contributed by atoms with Crippen molar-refractivity contribution in [1.82, 2.24) is 16.0 Å². The van der Waals surface area contributed by atoms with E-state index >= 15 is 0 Å². The van der Waals surface area contributed by atoms with Crippen molar-refractivity contribution in [3.8, 4) is 0 Å². The Hall–Kier alpha value is -1.03. The first-order chi connectivity index (χ1) is 12.6. The van der Waals surface area contributed by atoms with Gasteiger partial charge in [-0.05, 0) is 55.7 Å². The van der Waals surface area contributed by atoms with Crippen molar-refractivity contribution in [3.63, 3.8) is 0 Å². The van der Waals surface area contributed by atoms with Crippen LogP contribution in [-0.2, 0) is 17.1 Å². The molecule has 152 valence electrons. The van der Waals surface area contributed by atoms with Gasteiger partial charge >= 0.3 is 0 Å².